The minimum absolute atomic E-state index is 0.0285. The number of ether oxygens (including phenoxy) is 1. The summed E-state index contributed by atoms with van der Waals surface area (Å²) in [5.41, 5.74) is -0.189. The Bertz CT molecular complexity index is 629. The number of methoxy groups -OCH3 is 1. The lowest BCUT2D eigenvalue weighted by atomic mass is 10.1. The fraction of sp³-hybridized carbons (Fsp3) is 0.400. The number of carbonyl (C=O) groups excluding carboxylic acids is 1. The van der Waals surface area contributed by atoms with Crippen LogP contribution in [-0.4, -0.2) is 40.4 Å². The maximum atomic E-state index is 11.7. The molecule has 7 heteroatoms. The van der Waals surface area contributed by atoms with E-state index in [1.54, 1.807) is 33.1 Å². The molecule has 0 saturated heterocycles. The summed E-state index contributed by atoms with van der Waals surface area (Å²) < 4.78 is 10.1. The smallest absolute Gasteiger partial charge is 0.236 e. The van der Waals surface area contributed by atoms with Crippen molar-refractivity contribution in [2.24, 2.45) is 0 Å². The molecule has 0 saturated carbocycles. The molecule has 2 aromatic rings. The average molecular weight is 305 g/mol. The van der Waals surface area contributed by atoms with Crippen LogP contribution in [0.1, 0.15) is 19.7 Å². The first-order valence-corrected chi connectivity index (χ1v) is 6.83. The summed E-state index contributed by atoms with van der Waals surface area (Å²) in [5.74, 6) is 1.08. The lowest BCUT2D eigenvalue weighted by Gasteiger charge is -2.17. The van der Waals surface area contributed by atoms with Crippen molar-refractivity contribution in [3.05, 3.63) is 30.2 Å². The Balaban J connectivity index is 1.97. The minimum atomic E-state index is -0.960. The molecular weight excluding hydrogens is 286 g/mol. The largest absolute Gasteiger partial charge is 0.497 e. The highest BCUT2D eigenvalue weighted by Gasteiger charge is 2.16. The van der Waals surface area contributed by atoms with Crippen LogP contribution in [0.25, 0.3) is 11.4 Å². The zero-order chi connectivity index (χ0) is 16.2. The van der Waals surface area contributed by atoms with E-state index >= 15 is 0 Å². The van der Waals surface area contributed by atoms with Gasteiger partial charge in [0.05, 0.1) is 12.7 Å². The first-order valence-electron chi connectivity index (χ1n) is 6.83. The highest BCUT2D eigenvalue weighted by Crippen LogP contribution is 2.19. The van der Waals surface area contributed by atoms with Crippen molar-refractivity contribution in [3.8, 4) is 17.1 Å². The fourth-order valence-corrected chi connectivity index (χ4v) is 1.70. The van der Waals surface area contributed by atoms with Gasteiger partial charge in [-0.3, -0.25) is 4.79 Å². The van der Waals surface area contributed by atoms with Crippen LogP contribution in [0.3, 0.4) is 0 Å². The van der Waals surface area contributed by atoms with Gasteiger partial charge in [0.25, 0.3) is 0 Å². The lowest BCUT2D eigenvalue weighted by molar-refractivity contribution is -0.121. The third kappa shape index (κ3) is 4.56. The molecule has 22 heavy (non-hydrogen) atoms. The number of nitrogens with one attached hydrogen (secondary N) is 1. The Labute approximate surface area is 128 Å². The molecule has 118 valence electrons. The van der Waals surface area contributed by atoms with Gasteiger partial charge >= 0.3 is 0 Å². The van der Waals surface area contributed by atoms with E-state index in [0.717, 1.165) is 11.3 Å². The predicted molar refractivity (Wildman–Crippen MR) is 79.3 cm³/mol. The molecule has 0 fully saturated rings. The lowest BCUT2D eigenvalue weighted by Crippen LogP contribution is -2.38. The summed E-state index contributed by atoms with van der Waals surface area (Å²) in [5, 5.41) is 16.0. The van der Waals surface area contributed by atoms with Gasteiger partial charge in [0, 0.05) is 12.1 Å². The van der Waals surface area contributed by atoms with Gasteiger partial charge in [-0.15, -0.1) is 0 Å². The molecule has 0 aliphatic rings. The maximum absolute atomic E-state index is 11.7. The number of hydrogen-bond acceptors (Lipinski definition) is 6. The van der Waals surface area contributed by atoms with E-state index in [9.17, 15) is 9.90 Å². The first kappa shape index (κ1) is 16.0. The molecule has 2 N–H and O–H groups in total. The van der Waals surface area contributed by atoms with Gasteiger partial charge in [-0.1, -0.05) is 5.16 Å². The van der Waals surface area contributed by atoms with Crippen LogP contribution in [0, 0.1) is 0 Å². The molecule has 0 radical (unpaired) electrons. The second kappa shape index (κ2) is 6.57. The zero-order valence-electron chi connectivity index (χ0n) is 12.8. The second-order valence-corrected chi connectivity index (χ2v) is 5.51. The quantitative estimate of drug-likeness (QED) is 0.831. The Hall–Kier alpha value is -2.41. The predicted octanol–water partition coefficient (Wildman–Crippen LogP) is 1.17. The number of aliphatic hydroxyl groups is 1. The number of carbonyl (C=O) groups is 1. The van der Waals surface area contributed by atoms with E-state index in [2.05, 4.69) is 15.5 Å². The van der Waals surface area contributed by atoms with E-state index in [4.69, 9.17) is 9.26 Å². The van der Waals surface area contributed by atoms with Crippen molar-refractivity contribution in [3.63, 3.8) is 0 Å². The van der Waals surface area contributed by atoms with E-state index in [1.807, 2.05) is 12.1 Å². The van der Waals surface area contributed by atoms with Crippen molar-refractivity contribution in [2.45, 2.75) is 25.9 Å². The maximum Gasteiger partial charge on any atom is 0.236 e. The van der Waals surface area contributed by atoms with Gasteiger partial charge in [0.1, 0.15) is 12.2 Å². The molecule has 0 atom stereocenters. The Morgan fingerprint density at radius 1 is 1.36 bits per heavy atom. The fourth-order valence-electron chi connectivity index (χ4n) is 1.70. The first-order chi connectivity index (χ1) is 10.4. The molecule has 1 heterocycles. The SMILES string of the molecule is COc1ccc(-c2noc(CC(=O)NCC(C)(C)O)n2)cc1. The monoisotopic (exact) mass is 305 g/mol. The number of rotatable bonds is 6. The minimum Gasteiger partial charge on any atom is -0.497 e. The number of aromatic nitrogens is 2. The normalized spacial score (nSPS) is 11.3. The van der Waals surface area contributed by atoms with Gasteiger partial charge in [-0.05, 0) is 38.1 Å². The van der Waals surface area contributed by atoms with E-state index in [-0.39, 0.29) is 24.8 Å². The molecule has 0 aliphatic carbocycles. The Morgan fingerprint density at radius 2 is 2.05 bits per heavy atom. The standard InChI is InChI=1S/C15H19N3O4/c1-15(2,20)9-16-12(19)8-13-17-14(18-22-13)10-4-6-11(21-3)7-5-10/h4-7,20H,8-9H2,1-3H3,(H,16,19). The van der Waals surface area contributed by atoms with Crippen LogP contribution >= 0.6 is 0 Å². The summed E-state index contributed by atoms with van der Waals surface area (Å²) in [6.45, 7) is 3.38. The molecule has 1 aromatic heterocycles. The number of hydrogen-bond donors (Lipinski definition) is 2. The summed E-state index contributed by atoms with van der Waals surface area (Å²) in [4.78, 5) is 15.9. The van der Waals surface area contributed by atoms with E-state index < -0.39 is 5.60 Å². The molecule has 0 aliphatic heterocycles. The van der Waals surface area contributed by atoms with Crippen molar-refractivity contribution in [1.82, 2.24) is 15.5 Å². The van der Waals surface area contributed by atoms with E-state index in [1.165, 1.54) is 0 Å². The highest BCUT2D eigenvalue weighted by atomic mass is 16.5. The van der Waals surface area contributed by atoms with Crippen LogP contribution in [-0.2, 0) is 11.2 Å². The molecule has 2 rings (SSSR count). The second-order valence-electron chi connectivity index (χ2n) is 5.51. The Kier molecular flexibility index (Phi) is 4.77. The molecule has 0 spiro atoms. The van der Waals surface area contributed by atoms with Crippen LogP contribution < -0.4 is 10.1 Å². The topological polar surface area (TPSA) is 97.5 Å². The summed E-state index contributed by atoms with van der Waals surface area (Å²) in [6.07, 6.45) is -0.0285. The van der Waals surface area contributed by atoms with Crippen LogP contribution in [0.4, 0.5) is 0 Å². The molecule has 7 nitrogen and oxygen atoms in total. The molecule has 1 amide bonds. The van der Waals surface area contributed by atoms with Gasteiger partial charge in [-0.25, -0.2) is 0 Å². The summed E-state index contributed by atoms with van der Waals surface area (Å²) in [7, 11) is 1.59. The highest BCUT2D eigenvalue weighted by molar-refractivity contribution is 5.77. The average Bonchev–Trinajstić information content (AvgIpc) is 2.93. The van der Waals surface area contributed by atoms with Gasteiger partial charge < -0.3 is 19.7 Å². The third-order valence-corrected chi connectivity index (χ3v) is 2.85. The van der Waals surface area contributed by atoms with Crippen LogP contribution in [0.15, 0.2) is 28.8 Å². The van der Waals surface area contributed by atoms with Gasteiger partial charge in [0.15, 0.2) is 0 Å². The molecule has 0 unspecified atom stereocenters. The van der Waals surface area contributed by atoms with Crippen LogP contribution in [0.5, 0.6) is 5.75 Å². The Morgan fingerprint density at radius 3 is 2.64 bits per heavy atom. The zero-order valence-corrected chi connectivity index (χ0v) is 12.8. The molecule has 0 bridgehead atoms. The van der Waals surface area contributed by atoms with Crippen molar-refractivity contribution in [2.75, 3.05) is 13.7 Å². The van der Waals surface area contributed by atoms with E-state index in [0.29, 0.717) is 5.82 Å². The van der Waals surface area contributed by atoms with Crippen molar-refractivity contribution >= 4 is 5.91 Å². The van der Waals surface area contributed by atoms with Crippen molar-refractivity contribution < 1.29 is 19.2 Å². The number of nitrogens with zero attached hydrogens (tertiary/aromatic N) is 2. The number of amides is 1. The summed E-state index contributed by atoms with van der Waals surface area (Å²) >= 11 is 0. The van der Waals surface area contributed by atoms with Crippen molar-refractivity contribution in [1.29, 1.82) is 0 Å². The van der Waals surface area contributed by atoms with Gasteiger partial charge in [0.2, 0.25) is 17.6 Å². The number of benzene rings is 1. The summed E-state index contributed by atoms with van der Waals surface area (Å²) in [6, 6.07) is 7.20. The molecule has 1 aromatic carbocycles. The third-order valence-electron chi connectivity index (χ3n) is 2.85. The molecular formula is C15H19N3O4. The van der Waals surface area contributed by atoms with Crippen LogP contribution in [0.2, 0.25) is 0 Å². The van der Waals surface area contributed by atoms with Gasteiger partial charge in [-0.2, -0.15) is 4.98 Å².